The number of rotatable bonds is 4. The molecule has 0 spiro atoms. The van der Waals surface area contributed by atoms with E-state index in [0.717, 1.165) is 30.7 Å². The van der Waals surface area contributed by atoms with Crippen molar-refractivity contribution in [3.05, 3.63) is 22.8 Å². The van der Waals surface area contributed by atoms with Crippen LogP contribution in [0.15, 0.2) is 17.3 Å². The summed E-state index contributed by atoms with van der Waals surface area (Å²) in [4.78, 5) is 31.4. The number of thioether (sulfide) groups is 1. The molecule has 26 heavy (non-hydrogen) atoms. The van der Waals surface area contributed by atoms with Crippen LogP contribution in [0, 0.1) is 5.92 Å². The third-order valence-electron chi connectivity index (χ3n) is 4.34. The minimum atomic E-state index is -4.51. The van der Waals surface area contributed by atoms with Crippen molar-refractivity contribution >= 4 is 35.2 Å². The van der Waals surface area contributed by atoms with Crippen LogP contribution in [0.3, 0.4) is 0 Å². The minimum Gasteiger partial charge on any atom is -0.339 e. The summed E-state index contributed by atoms with van der Waals surface area (Å²) in [6, 6.07) is 0.809. The fraction of sp³-hybridized carbons (Fsp3) is 0.562. The molecule has 1 aliphatic heterocycles. The predicted molar refractivity (Wildman–Crippen MR) is 90.9 cm³/mol. The van der Waals surface area contributed by atoms with Crippen molar-refractivity contribution in [3.63, 3.8) is 0 Å². The molecule has 0 atom stereocenters. The first-order valence-electron chi connectivity index (χ1n) is 8.18. The Balaban J connectivity index is 1.49. The van der Waals surface area contributed by atoms with E-state index in [4.69, 9.17) is 11.6 Å². The second-order valence-electron chi connectivity index (χ2n) is 6.28. The normalized spacial score (nSPS) is 18.2. The molecule has 3 rings (SSSR count). The molecule has 10 heteroatoms. The van der Waals surface area contributed by atoms with Crippen LogP contribution in [0.1, 0.15) is 18.4 Å². The fourth-order valence-corrected chi connectivity index (χ4v) is 3.77. The maximum absolute atomic E-state index is 12.6. The Labute approximate surface area is 157 Å². The maximum atomic E-state index is 12.6. The Morgan fingerprint density at radius 1 is 1.19 bits per heavy atom. The molecule has 0 aromatic carbocycles. The van der Waals surface area contributed by atoms with Crippen LogP contribution in [0.25, 0.3) is 0 Å². The standard InChI is InChI=1S/C16H17ClF3N3O2S/c17-12-7-11(16(18,19)20)8-21-14(12)26-9-13(24)22-3-5-23(6-4-22)15(25)10-1-2-10/h7-8,10H,1-6,9H2. The van der Waals surface area contributed by atoms with Gasteiger partial charge in [0.05, 0.1) is 16.3 Å². The van der Waals surface area contributed by atoms with E-state index >= 15 is 0 Å². The molecule has 1 aliphatic carbocycles. The first-order valence-corrected chi connectivity index (χ1v) is 9.54. The highest BCUT2D eigenvalue weighted by Gasteiger charge is 2.35. The third kappa shape index (κ3) is 4.62. The molecular formula is C16H17ClF3N3O2S. The van der Waals surface area contributed by atoms with Crippen LogP contribution in [0.4, 0.5) is 13.2 Å². The highest BCUT2D eigenvalue weighted by molar-refractivity contribution is 8.00. The van der Waals surface area contributed by atoms with Gasteiger partial charge >= 0.3 is 6.18 Å². The Kier molecular flexibility index (Phi) is 5.67. The molecule has 0 N–H and O–H groups in total. The summed E-state index contributed by atoms with van der Waals surface area (Å²) in [6.45, 7) is 1.97. The molecule has 0 bridgehead atoms. The molecule has 0 radical (unpaired) electrons. The molecule has 2 heterocycles. The van der Waals surface area contributed by atoms with E-state index in [2.05, 4.69) is 4.98 Å². The van der Waals surface area contributed by atoms with Gasteiger partial charge in [-0.05, 0) is 18.9 Å². The van der Waals surface area contributed by atoms with Crippen molar-refractivity contribution in [1.29, 1.82) is 0 Å². The highest BCUT2D eigenvalue weighted by Crippen LogP contribution is 2.34. The summed E-state index contributed by atoms with van der Waals surface area (Å²) in [5.41, 5.74) is -0.922. The number of carbonyl (C=O) groups excluding carboxylic acids is 2. The molecule has 2 aliphatic rings. The number of alkyl halides is 3. The van der Waals surface area contributed by atoms with Crippen LogP contribution in [-0.2, 0) is 15.8 Å². The van der Waals surface area contributed by atoms with Gasteiger partial charge in [-0.1, -0.05) is 23.4 Å². The van der Waals surface area contributed by atoms with Gasteiger partial charge in [0, 0.05) is 38.3 Å². The van der Waals surface area contributed by atoms with Crippen molar-refractivity contribution in [2.24, 2.45) is 5.92 Å². The Morgan fingerprint density at radius 3 is 2.35 bits per heavy atom. The van der Waals surface area contributed by atoms with Crippen LogP contribution in [0.5, 0.6) is 0 Å². The SMILES string of the molecule is O=C(CSc1ncc(C(F)(F)F)cc1Cl)N1CCN(C(=O)C2CC2)CC1. The smallest absolute Gasteiger partial charge is 0.339 e. The Bertz CT molecular complexity index is 704. The van der Waals surface area contributed by atoms with Crippen molar-refractivity contribution in [3.8, 4) is 0 Å². The number of amides is 2. The van der Waals surface area contributed by atoms with E-state index in [0.29, 0.717) is 32.4 Å². The van der Waals surface area contributed by atoms with E-state index in [-0.39, 0.29) is 33.5 Å². The van der Waals surface area contributed by atoms with Crippen molar-refractivity contribution < 1.29 is 22.8 Å². The second kappa shape index (κ2) is 7.64. The second-order valence-corrected chi connectivity index (χ2v) is 7.65. The predicted octanol–water partition coefficient (Wildman–Crippen LogP) is 2.93. The lowest BCUT2D eigenvalue weighted by atomic mass is 10.2. The van der Waals surface area contributed by atoms with Gasteiger partial charge in [0.15, 0.2) is 0 Å². The summed E-state index contributed by atoms with van der Waals surface area (Å²) in [5.74, 6) is 0.230. The molecular weight excluding hydrogens is 391 g/mol. The number of carbonyl (C=O) groups is 2. The molecule has 1 saturated heterocycles. The van der Waals surface area contributed by atoms with Crippen LogP contribution in [-0.4, -0.2) is 58.5 Å². The summed E-state index contributed by atoms with van der Waals surface area (Å²) in [7, 11) is 0. The quantitative estimate of drug-likeness (QED) is 0.720. The lowest BCUT2D eigenvalue weighted by molar-refractivity contribution is -0.139. The molecule has 1 aromatic rings. The van der Waals surface area contributed by atoms with Crippen molar-refractivity contribution in [2.75, 3.05) is 31.9 Å². The minimum absolute atomic E-state index is 0.0364. The van der Waals surface area contributed by atoms with E-state index in [1.807, 2.05) is 0 Å². The Hall–Kier alpha value is -1.48. The maximum Gasteiger partial charge on any atom is 0.417 e. The third-order valence-corrected chi connectivity index (χ3v) is 5.73. The number of hydrogen-bond acceptors (Lipinski definition) is 4. The zero-order chi connectivity index (χ0) is 18.9. The van der Waals surface area contributed by atoms with Gasteiger partial charge < -0.3 is 9.80 Å². The number of pyridine rings is 1. The molecule has 1 aromatic heterocycles. The van der Waals surface area contributed by atoms with Crippen molar-refractivity contribution in [1.82, 2.24) is 14.8 Å². The van der Waals surface area contributed by atoms with Gasteiger partial charge in [-0.15, -0.1) is 0 Å². The lowest BCUT2D eigenvalue weighted by Gasteiger charge is -2.34. The summed E-state index contributed by atoms with van der Waals surface area (Å²) >= 11 is 6.85. The fourth-order valence-electron chi connectivity index (χ4n) is 2.67. The molecule has 2 amide bonds. The topological polar surface area (TPSA) is 53.5 Å². The Morgan fingerprint density at radius 2 is 1.81 bits per heavy atom. The van der Waals surface area contributed by atoms with Gasteiger partial charge in [0.2, 0.25) is 11.8 Å². The molecule has 0 unspecified atom stereocenters. The average molecular weight is 408 g/mol. The van der Waals surface area contributed by atoms with Crippen LogP contribution < -0.4 is 0 Å². The zero-order valence-electron chi connectivity index (χ0n) is 13.8. The number of aromatic nitrogens is 1. The van der Waals surface area contributed by atoms with Gasteiger partial charge in [0.25, 0.3) is 0 Å². The molecule has 1 saturated carbocycles. The first-order chi connectivity index (χ1) is 12.3. The van der Waals surface area contributed by atoms with E-state index in [1.54, 1.807) is 9.80 Å². The van der Waals surface area contributed by atoms with Gasteiger partial charge in [0.1, 0.15) is 5.03 Å². The van der Waals surface area contributed by atoms with Crippen molar-refractivity contribution in [2.45, 2.75) is 24.0 Å². The van der Waals surface area contributed by atoms with Gasteiger partial charge in [-0.3, -0.25) is 9.59 Å². The van der Waals surface area contributed by atoms with E-state index in [9.17, 15) is 22.8 Å². The average Bonchev–Trinajstić information content (AvgIpc) is 3.44. The van der Waals surface area contributed by atoms with E-state index < -0.39 is 11.7 Å². The van der Waals surface area contributed by atoms with Gasteiger partial charge in [-0.2, -0.15) is 13.2 Å². The number of hydrogen-bond donors (Lipinski definition) is 0. The summed E-state index contributed by atoms with van der Waals surface area (Å²) < 4.78 is 37.8. The highest BCUT2D eigenvalue weighted by atomic mass is 35.5. The summed E-state index contributed by atoms with van der Waals surface area (Å²) in [6.07, 6.45) is -1.89. The molecule has 142 valence electrons. The number of piperazine rings is 1. The molecule has 2 fully saturated rings. The summed E-state index contributed by atoms with van der Waals surface area (Å²) in [5, 5.41) is 0.0630. The molecule has 5 nitrogen and oxygen atoms in total. The first kappa shape index (κ1) is 19.3. The zero-order valence-corrected chi connectivity index (χ0v) is 15.3. The number of halogens is 4. The monoisotopic (exact) mass is 407 g/mol. The number of nitrogens with zero attached hydrogens (tertiary/aromatic N) is 3. The van der Waals surface area contributed by atoms with Crippen LogP contribution >= 0.6 is 23.4 Å². The van der Waals surface area contributed by atoms with Crippen LogP contribution in [0.2, 0.25) is 5.02 Å². The van der Waals surface area contributed by atoms with E-state index in [1.165, 1.54) is 0 Å². The largest absolute Gasteiger partial charge is 0.417 e. The van der Waals surface area contributed by atoms with Gasteiger partial charge in [-0.25, -0.2) is 4.98 Å². The lowest BCUT2D eigenvalue weighted by Crippen LogP contribution is -2.51.